The zero-order valence-electron chi connectivity index (χ0n) is 10.2. The van der Waals surface area contributed by atoms with E-state index in [1.54, 1.807) is 6.07 Å². The number of hydrogen-bond acceptors (Lipinski definition) is 4. The molecular weight excluding hydrogens is 277 g/mol. The molecule has 20 heavy (non-hydrogen) atoms. The first kappa shape index (κ1) is 15.8. The summed E-state index contributed by atoms with van der Waals surface area (Å²) in [6.07, 6.45) is -4.51. The molecule has 0 radical (unpaired) electrons. The van der Waals surface area contributed by atoms with Crippen LogP contribution in [0.15, 0.2) is 18.2 Å². The highest BCUT2D eigenvalue weighted by Gasteiger charge is 2.30. The molecule has 108 valence electrons. The van der Waals surface area contributed by atoms with E-state index in [9.17, 15) is 18.0 Å². The highest BCUT2D eigenvalue weighted by atomic mass is 19.4. The Balaban J connectivity index is 2.63. The van der Waals surface area contributed by atoms with Crippen LogP contribution in [0.4, 0.5) is 18.9 Å². The number of halogens is 3. The minimum absolute atomic E-state index is 0.0538. The zero-order valence-corrected chi connectivity index (χ0v) is 10.2. The first-order valence-electron chi connectivity index (χ1n) is 5.49. The molecule has 0 saturated carbocycles. The quantitative estimate of drug-likeness (QED) is 0.783. The van der Waals surface area contributed by atoms with Crippen molar-refractivity contribution >= 4 is 11.7 Å². The van der Waals surface area contributed by atoms with Gasteiger partial charge in [-0.15, -0.1) is 0 Å². The lowest BCUT2D eigenvalue weighted by Crippen LogP contribution is -2.15. The second-order valence-corrected chi connectivity index (χ2v) is 3.74. The average molecular weight is 288 g/mol. The number of carboxylic acids is 1. The van der Waals surface area contributed by atoms with Gasteiger partial charge in [0, 0.05) is 6.54 Å². The van der Waals surface area contributed by atoms with Crippen LogP contribution in [0.1, 0.15) is 11.1 Å². The van der Waals surface area contributed by atoms with Crippen molar-refractivity contribution in [1.82, 2.24) is 0 Å². The van der Waals surface area contributed by atoms with Gasteiger partial charge in [0.2, 0.25) is 0 Å². The molecule has 0 unspecified atom stereocenters. The van der Waals surface area contributed by atoms with E-state index >= 15 is 0 Å². The minimum Gasteiger partial charge on any atom is -0.480 e. The predicted octanol–water partition coefficient (Wildman–Crippen LogP) is 2.09. The van der Waals surface area contributed by atoms with Gasteiger partial charge in [-0.3, -0.25) is 0 Å². The average Bonchev–Trinajstić information content (AvgIpc) is 2.36. The van der Waals surface area contributed by atoms with Gasteiger partial charge in [0.15, 0.2) is 0 Å². The van der Waals surface area contributed by atoms with Gasteiger partial charge >= 0.3 is 12.1 Å². The van der Waals surface area contributed by atoms with Gasteiger partial charge < -0.3 is 15.2 Å². The Morgan fingerprint density at radius 2 is 2.15 bits per heavy atom. The predicted molar refractivity (Wildman–Crippen MR) is 63.1 cm³/mol. The molecule has 2 N–H and O–H groups in total. The minimum atomic E-state index is -4.51. The van der Waals surface area contributed by atoms with Crippen LogP contribution in [-0.2, 0) is 15.7 Å². The van der Waals surface area contributed by atoms with Crippen LogP contribution in [0.2, 0.25) is 0 Å². The number of carboxylic acid groups (broad SMARTS) is 1. The number of nitrogens with one attached hydrogen (secondary N) is 1. The summed E-state index contributed by atoms with van der Waals surface area (Å²) in [4.78, 5) is 10.2. The van der Waals surface area contributed by atoms with Gasteiger partial charge in [0.25, 0.3) is 0 Å². The Morgan fingerprint density at radius 1 is 1.45 bits per heavy atom. The lowest BCUT2D eigenvalue weighted by atomic mass is 10.1. The molecule has 0 aliphatic rings. The maximum atomic E-state index is 12.5. The molecule has 0 aromatic heterocycles. The van der Waals surface area contributed by atoms with Crippen LogP contribution >= 0.6 is 0 Å². The SMILES string of the molecule is N#Cc1cc(C(F)(F)F)ccc1NCCOCC(=O)O. The molecule has 0 amide bonds. The Bertz CT molecular complexity index is 524. The van der Waals surface area contributed by atoms with E-state index in [0.717, 1.165) is 18.2 Å². The van der Waals surface area contributed by atoms with Gasteiger partial charge in [-0.2, -0.15) is 18.4 Å². The number of nitriles is 1. The number of nitrogens with zero attached hydrogens (tertiary/aromatic N) is 1. The fourth-order valence-electron chi connectivity index (χ4n) is 1.38. The van der Waals surface area contributed by atoms with Gasteiger partial charge in [0.1, 0.15) is 12.7 Å². The summed E-state index contributed by atoms with van der Waals surface area (Å²) in [5.41, 5.74) is -0.806. The maximum Gasteiger partial charge on any atom is 0.416 e. The van der Waals surface area contributed by atoms with E-state index in [1.807, 2.05) is 0 Å². The third-order valence-corrected chi connectivity index (χ3v) is 2.25. The van der Waals surface area contributed by atoms with E-state index in [4.69, 9.17) is 15.1 Å². The lowest BCUT2D eigenvalue weighted by Gasteiger charge is -2.11. The molecule has 0 bridgehead atoms. The van der Waals surface area contributed by atoms with Crippen molar-refractivity contribution in [3.8, 4) is 6.07 Å². The van der Waals surface area contributed by atoms with Crippen LogP contribution in [-0.4, -0.2) is 30.8 Å². The molecule has 1 aromatic rings. The molecule has 0 fully saturated rings. The van der Waals surface area contributed by atoms with Crippen molar-refractivity contribution in [3.05, 3.63) is 29.3 Å². The maximum absolute atomic E-state index is 12.5. The van der Waals surface area contributed by atoms with Gasteiger partial charge in [0.05, 0.1) is 23.4 Å². The molecule has 0 aliphatic carbocycles. The third kappa shape index (κ3) is 4.78. The molecule has 0 aliphatic heterocycles. The topological polar surface area (TPSA) is 82.3 Å². The Labute approximate surface area is 112 Å². The van der Waals surface area contributed by atoms with E-state index in [2.05, 4.69) is 5.32 Å². The number of benzene rings is 1. The summed E-state index contributed by atoms with van der Waals surface area (Å²) < 4.78 is 42.1. The number of aliphatic carboxylic acids is 1. The Hall–Kier alpha value is -2.27. The van der Waals surface area contributed by atoms with Crippen molar-refractivity contribution in [2.24, 2.45) is 0 Å². The number of rotatable bonds is 6. The highest BCUT2D eigenvalue weighted by molar-refractivity contribution is 5.68. The van der Waals surface area contributed by atoms with Gasteiger partial charge in [-0.1, -0.05) is 0 Å². The fraction of sp³-hybridized carbons (Fsp3) is 0.333. The Kier molecular flexibility index (Phi) is 5.34. The summed E-state index contributed by atoms with van der Waals surface area (Å²) in [7, 11) is 0. The van der Waals surface area contributed by atoms with Gasteiger partial charge in [-0.25, -0.2) is 4.79 Å². The van der Waals surface area contributed by atoms with E-state index in [1.165, 1.54) is 0 Å². The van der Waals surface area contributed by atoms with E-state index in [-0.39, 0.29) is 24.4 Å². The molecule has 0 spiro atoms. The van der Waals surface area contributed by atoms with Gasteiger partial charge in [-0.05, 0) is 18.2 Å². The van der Waals surface area contributed by atoms with E-state index < -0.39 is 24.3 Å². The molecule has 1 rings (SSSR count). The molecule has 8 heteroatoms. The molecule has 5 nitrogen and oxygen atoms in total. The highest BCUT2D eigenvalue weighted by Crippen LogP contribution is 2.31. The van der Waals surface area contributed by atoms with Crippen LogP contribution < -0.4 is 5.32 Å². The second kappa shape index (κ2) is 6.77. The first-order chi connectivity index (χ1) is 9.34. The second-order valence-electron chi connectivity index (χ2n) is 3.74. The smallest absolute Gasteiger partial charge is 0.416 e. The summed E-state index contributed by atoms with van der Waals surface area (Å²) in [5, 5.41) is 19.9. The number of alkyl halides is 3. The van der Waals surface area contributed by atoms with E-state index in [0.29, 0.717) is 0 Å². The molecular formula is C12H11F3N2O3. The monoisotopic (exact) mass is 288 g/mol. The van der Waals surface area contributed by atoms with Crippen molar-refractivity contribution < 1.29 is 27.8 Å². The number of hydrogen-bond donors (Lipinski definition) is 2. The summed E-state index contributed by atoms with van der Waals surface area (Å²) in [6, 6.07) is 4.43. The van der Waals surface area contributed by atoms with Crippen LogP contribution in [0.3, 0.4) is 0 Å². The Morgan fingerprint density at radius 3 is 2.70 bits per heavy atom. The summed E-state index contributed by atoms with van der Waals surface area (Å²) >= 11 is 0. The van der Waals surface area contributed by atoms with Crippen molar-refractivity contribution in [1.29, 1.82) is 5.26 Å². The van der Waals surface area contributed by atoms with Crippen LogP contribution in [0, 0.1) is 11.3 Å². The number of anilines is 1. The largest absolute Gasteiger partial charge is 0.480 e. The normalized spacial score (nSPS) is 10.9. The molecule has 0 saturated heterocycles. The summed E-state index contributed by atoms with van der Waals surface area (Å²) in [6.45, 7) is -0.231. The fourth-order valence-corrected chi connectivity index (χ4v) is 1.38. The van der Waals surface area contributed by atoms with Crippen molar-refractivity contribution in [3.63, 3.8) is 0 Å². The number of carbonyl (C=O) groups is 1. The lowest BCUT2D eigenvalue weighted by molar-refractivity contribution is -0.142. The zero-order chi connectivity index (χ0) is 15.2. The molecule has 0 atom stereocenters. The third-order valence-electron chi connectivity index (χ3n) is 2.25. The van der Waals surface area contributed by atoms with Crippen molar-refractivity contribution in [2.75, 3.05) is 25.1 Å². The van der Waals surface area contributed by atoms with Crippen molar-refractivity contribution in [2.45, 2.75) is 6.18 Å². The molecule has 1 aromatic carbocycles. The summed E-state index contributed by atoms with van der Waals surface area (Å²) in [5.74, 6) is -1.11. The standard InChI is InChI=1S/C12H11F3N2O3/c13-12(14,15)9-1-2-10(8(5-9)6-16)17-3-4-20-7-11(18)19/h1-2,5,17H,3-4,7H2,(H,18,19). The molecule has 0 heterocycles. The first-order valence-corrected chi connectivity index (χ1v) is 5.49. The van der Waals surface area contributed by atoms with Crippen LogP contribution in [0.25, 0.3) is 0 Å². The van der Waals surface area contributed by atoms with Crippen LogP contribution in [0.5, 0.6) is 0 Å². The number of ether oxygens (including phenoxy) is 1.